The van der Waals surface area contributed by atoms with Crippen molar-refractivity contribution < 1.29 is 14.3 Å². The number of para-hydroxylation sites is 1. The second-order valence-electron chi connectivity index (χ2n) is 6.25. The lowest BCUT2D eigenvalue weighted by atomic mass is 10.2. The number of hydrogen-bond donors (Lipinski definition) is 3. The minimum atomic E-state index is -0.0965. The van der Waals surface area contributed by atoms with Crippen LogP contribution < -0.4 is 20.7 Å². The molecule has 0 aliphatic heterocycles. The maximum absolute atomic E-state index is 11.8. The molecule has 26 heavy (non-hydrogen) atoms. The predicted octanol–water partition coefficient (Wildman–Crippen LogP) is 1.29. The Labute approximate surface area is 155 Å². The standard InChI is InChI=1S/C19H30N4O3/c1-3-20-19(23-13-18(24)21-10-11-25-2)22-12-16-6-4-5-7-17(16)26-14-15-8-9-15/h4-7,15H,3,8-14H2,1-2H3,(H,21,24)(H2,20,22,23). The fourth-order valence-corrected chi connectivity index (χ4v) is 2.29. The Morgan fingerprint density at radius 1 is 1.23 bits per heavy atom. The van der Waals surface area contributed by atoms with Crippen molar-refractivity contribution in [2.75, 3.05) is 40.0 Å². The van der Waals surface area contributed by atoms with Crippen LogP contribution in [0.2, 0.25) is 0 Å². The highest BCUT2D eigenvalue weighted by Gasteiger charge is 2.22. The summed E-state index contributed by atoms with van der Waals surface area (Å²) in [6, 6.07) is 7.96. The molecule has 0 unspecified atom stereocenters. The quantitative estimate of drug-likeness (QED) is 0.314. The second-order valence-corrected chi connectivity index (χ2v) is 6.25. The van der Waals surface area contributed by atoms with E-state index < -0.39 is 0 Å². The number of hydrogen-bond acceptors (Lipinski definition) is 4. The van der Waals surface area contributed by atoms with Gasteiger partial charge in [0.25, 0.3) is 0 Å². The van der Waals surface area contributed by atoms with E-state index >= 15 is 0 Å². The third-order valence-electron chi connectivity index (χ3n) is 3.94. The van der Waals surface area contributed by atoms with Crippen molar-refractivity contribution >= 4 is 11.9 Å². The molecule has 0 aromatic heterocycles. The molecule has 0 bridgehead atoms. The Balaban J connectivity index is 1.86. The van der Waals surface area contributed by atoms with Crippen molar-refractivity contribution in [2.24, 2.45) is 10.9 Å². The molecule has 1 aliphatic rings. The molecule has 144 valence electrons. The summed E-state index contributed by atoms with van der Waals surface area (Å²) in [6.45, 7) is 5.13. The van der Waals surface area contributed by atoms with Gasteiger partial charge in [0.2, 0.25) is 5.91 Å². The third-order valence-corrected chi connectivity index (χ3v) is 3.94. The van der Waals surface area contributed by atoms with E-state index in [1.165, 1.54) is 12.8 Å². The highest BCUT2D eigenvalue weighted by atomic mass is 16.5. The number of rotatable bonds is 11. The number of carbonyl (C=O) groups excluding carboxylic acids is 1. The Hall–Kier alpha value is -2.28. The number of nitrogens with one attached hydrogen (secondary N) is 3. The smallest absolute Gasteiger partial charge is 0.239 e. The van der Waals surface area contributed by atoms with Crippen LogP contribution in [-0.4, -0.2) is 51.8 Å². The molecule has 1 aromatic rings. The zero-order valence-corrected chi connectivity index (χ0v) is 15.7. The molecule has 2 rings (SSSR count). The van der Waals surface area contributed by atoms with Gasteiger partial charge in [0.1, 0.15) is 5.75 Å². The number of amides is 1. The number of carbonyl (C=O) groups is 1. The van der Waals surface area contributed by atoms with Crippen molar-refractivity contribution in [3.05, 3.63) is 29.8 Å². The Morgan fingerprint density at radius 2 is 2.04 bits per heavy atom. The summed E-state index contributed by atoms with van der Waals surface area (Å²) >= 11 is 0. The number of ether oxygens (including phenoxy) is 2. The van der Waals surface area contributed by atoms with E-state index in [0.29, 0.717) is 31.6 Å². The van der Waals surface area contributed by atoms with Gasteiger partial charge in [-0.25, -0.2) is 4.99 Å². The van der Waals surface area contributed by atoms with Crippen molar-refractivity contribution in [1.82, 2.24) is 16.0 Å². The van der Waals surface area contributed by atoms with Crippen LogP contribution in [0.4, 0.5) is 0 Å². The molecule has 3 N–H and O–H groups in total. The van der Waals surface area contributed by atoms with Crippen molar-refractivity contribution in [3.63, 3.8) is 0 Å². The van der Waals surface area contributed by atoms with Gasteiger partial charge in [-0.3, -0.25) is 4.79 Å². The summed E-state index contributed by atoms with van der Waals surface area (Å²) in [5.74, 6) is 2.10. The lowest BCUT2D eigenvalue weighted by molar-refractivity contribution is -0.120. The van der Waals surface area contributed by atoms with Gasteiger partial charge < -0.3 is 25.4 Å². The number of aliphatic imine (C=N–C) groups is 1. The van der Waals surface area contributed by atoms with Gasteiger partial charge in [0, 0.05) is 25.8 Å². The number of nitrogens with zero attached hydrogens (tertiary/aromatic N) is 1. The van der Waals surface area contributed by atoms with Gasteiger partial charge in [-0.05, 0) is 31.7 Å². The van der Waals surface area contributed by atoms with E-state index in [-0.39, 0.29) is 12.5 Å². The molecule has 0 saturated heterocycles. The topological polar surface area (TPSA) is 84.0 Å². The van der Waals surface area contributed by atoms with E-state index in [9.17, 15) is 4.79 Å². The van der Waals surface area contributed by atoms with Crippen LogP contribution in [-0.2, 0) is 16.1 Å². The Morgan fingerprint density at radius 3 is 2.77 bits per heavy atom. The molecule has 0 heterocycles. The van der Waals surface area contributed by atoms with E-state index in [1.54, 1.807) is 7.11 Å². The number of methoxy groups -OCH3 is 1. The van der Waals surface area contributed by atoms with Gasteiger partial charge in [-0.2, -0.15) is 0 Å². The first-order valence-corrected chi connectivity index (χ1v) is 9.21. The van der Waals surface area contributed by atoms with Gasteiger partial charge in [-0.1, -0.05) is 18.2 Å². The zero-order chi connectivity index (χ0) is 18.6. The highest BCUT2D eigenvalue weighted by molar-refractivity contribution is 5.86. The lowest BCUT2D eigenvalue weighted by Crippen LogP contribution is -2.43. The average molecular weight is 362 g/mol. The van der Waals surface area contributed by atoms with Crippen LogP contribution in [0.5, 0.6) is 5.75 Å². The molecule has 1 saturated carbocycles. The molecule has 1 amide bonds. The summed E-state index contributed by atoms with van der Waals surface area (Å²) in [5.41, 5.74) is 1.04. The van der Waals surface area contributed by atoms with Crippen molar-refractivity contribution in [3.8, 4) is 5.75 Å². The van der Waals surface area contributed by atoms with Crippen LogP contribution in [0, 0.1) is 5.92 Å². The molecular formula is C19H30N4O3. The second kappa shape index (κ2) is 11.4. The van der Waals surface area contributed by atoms with E-state index in [2.05, 4.69) is 20.9 Å². The summed E-state index contributed by atoms with van der Waals surface area (Å²) in [4.78, 5) is 16.3. The summed E-state index contributed by atoms with van der Waals surface area (Å²) in [5, 5.41) is 8.96. The summed E-state index contributed by atoms with van der Waals surface area (Å²) in [6.07, 6.45) is 2.53. The van der Waals surface area contributed by atoms with Gasteiger partial charge >= 0.3 is 0 Å². The molecule has 0 radical (unpaired) electrons. The largest absolute Gasteiger partial charge is 0.493 e. The van der Waals surface area contributed by atoms with Crippen LogP contribution in [0.25, 0.3) is 0 Å². The first-order valence-electron chi connectivity index (χ1n) is 9.21. The zero-order valence-electron chi connectivity index (χ0n) is 15.7. The minimum absolute atomic E-state index is 0.0965. The number of benzene rings is 1. The van der Waals surface area contributed by atoms with Crippen LogP contribution in [0.1, 0.15) is 25.3 Å². The van der Waals surface area contributed by atoms with Gasteiger partial charge in [0.05, 0.1) is 26.3 Å². The molecule has 0 atom stereocenters. The summed E-state index contributed by atoms with van der Waals surface area (Å²) < 4.78 is 10.8. The Kier molecular flexibility index (Phi) is 8.75. The SMILES string of the molecule is CCNC(=NCc1ccccc1OCC1CC1)NCC(=O)NCCOC. The van der Waals surface area contributed by atoms with Crippen LogP contribution >= 0.6 is 0 Å². The fraction of sp³-hybridized carbons (Fsp3) is 0.579. The molecule has 1 aromatic carbocycles. The van der Waals surface area contributed by atoms with Gasteiger partial charge in [-0.15, -0.1) is 0 Å². The lowest BCUT2D eigenvalue weighted by Gasteiger charge is -2.13. The van der Waals surface area contributed by atoms with Crippen LogP contribution in [0.15, 0.2) is 29.3 Å². The van der Waals surface area contributed by atoms with E-state index in [0.717, 1.165) is 24.5 Å². The number of guanidine groups is 1. The monoisotopic (exact) mass is 362 g/mol. The first-order chi connectivity index (χ1) is 12.7. The highest BCUT2D eigenvalue weighted by Crippen LogP contribution is 2.30. The van der Waals surface area contributed by atoms with E-state index in [4.69, 9.17) is 9.47 Å². The van der Waals surface area contributed by atoms with Crippen molar-refractivity contribution in [1.29, 1.82) is 0 Å². The molecule has 0 spiro atoms. The molecule has 7 nitrogen and oxygen atoms in total. The average Bonchev–Trinajstić information content (AvgIpc) is 3.47. The van der Waals surface area contributed by atoms with Gasteiger partial charge in [0.15, 0.2) is 5.96 Å². The summed E-state index contributed by atoms with van der Waals surface area (Å²) in [7, 11) is 1.60. The molecule has 1 fully saturated rings. The Bertz CT molecular complexity index is 588. The normalized spacial score (nSPS) is 14.0. The molecule has 7 heteroatoms. The van der Waals surface area contributed by atoms with E-state index in [1.807, 2.05) is 31.2 Å². The van der Waals surface area contributed by atoms with Crippen molar-refractivity contribution in [2.45, 2.75) is 26.3 Å². The maximum atomic E-state index is 11.8. The van der Waals surface area contributed by atoms with Crippen LogP contribution in [0.3, 0.4) is 0 Å². The molecule has 1 aliphatic carbocycles. The maximum Gasteiger partial charge on any atom is 0.239 e. The first kappa shape index (κ1) is 20.0. The fourth-order valence-electron chi connectivity index (χ4n) is 2.29. The minimum Gasteiger partial charge on any atom is -0.493 e. The molecular weight excluding hydrogens is 332 g/mol. The third kappa shape index (κ3) is 7.74. The predicted molar refractivity (Wildman–Crippen MR) is 102 cm³/mol.